The molecule has 144 valence electrons. The van der Waals surface area contributed by atoms with Gasteiger partial charge in [0.2, 0.25) is 0 Å². The van der Waals surface area contributed by atoms with Crippen LogP contribution in [0.2, 0.25) is 0 Å². The lowest BCUT2D eigenvalue weighted by molar-refractivity contribution is 0.0660. The first-order valence-corrected chi connectivity index (χ1v) is 10.5. The summed E-state index contributed by atoms with van der Waals surface area (Å²) in [5.41, 5.74) is 1.98. The number of aryl methyl sites for hydroxylation is 1. The summed E-state index contributed by atoms with van der Waals surface area (Å²) in [6, 6.07) is 15.6. The lowest BCUT2D eigenvalue weighted by atomic mass is 10.1. The number of benzene rings is 2. The molecule has 1 aliphatic rings. The van der Waals surface area contributed by atoms with Gasteiger partial charge in [0.1, 0.15) is 11.0 Å². The molecule has 1 fully saturated rings. The van der Waals surface area contributed by atoms with E-state index in [4.69, 9.17) is 4.74 Å². The van der Waals surface area contributed by atoms with Crippen LogP contribution in [-0.2, 0) is 9.84 Å². The molecule has 0 N–H and O–H groups in total. The summed E-state index contributed by atoms with van der Waals surface area (Å²) in [6.45, 7) is 2.23. The van der Waals surface area contributed by atoms with Crippen LogP contribution in [0.3, 0.4) is 0 Å². The number of hydrogen-bond donors (Lipinski definition) is 0. The van der Waals surface area contributed by atoms with Crippen LogP contribution in [0.4, 0.5) is 0 Å². The van der Waals surface area contributed by atoms with E-state index >= 15 is 0 Å². The molecule has 0 aliphatic carbocycles. The Bertz CT molecular complexity index is 1150. The zero-order valence-corrected chi connectivity index (χ0v) is 16.4. The first-order chi connectivity index (χ1) is 13.4. The number of pyridine rings is 1. The van der Waals surface area contributed by atoms with Crippen molar-refractivity contribution < 1.29 is 17.9 Å². The number of rotatable bonds is 4. The Labute approximate surface area is 163 Å². The van der Waals surface area contributed by atoms with Gasteiger partial charge in [-0.1, -0.05) is 18.2 Å². The number of aromatic nitrogens is 1. The van der Waals surface area contributed by atoms with Gasteiger partial charge in [0, 0.05) is 24.2 Å². The maximum Gasteiger partial charge on any atom is 0.256 e. The van der Waals surface area contributed by atoms with Crippen LogP contribution >= 0.6 is 0 Å². The highest BCUT2D eigenvalue weighted by Gasteiger charge is 2.41. The Morgan fingerprint density at radius 1 is 1.07 bits per heavy atom. The monoisotopic (exact) mass is 396 g/mol. The minimum atomic E-state index is -3.49. The molecule has 0 unspecified atom stereocenters. The Morgan fingerprint density at radius 3 is 2.46 bits per heavy atom. The maximum atomic E-state index is 12.9. The second-order valence-corrected chi connectivity index (χ2v) is 9.11. The quantitative estimate of drug-likeness (QED) is 0.678. The number of ether oxygens (including phenoxy) is 1. The second-order valence-electron chi connectivity index (χ2n) is 6.88. The van der Waals surface area contributed by atoms with Gasteiger partial charge in [-0.25, -0.2) is 8.42 Å². The largest absolute Gasteiger partial charge is 0.497 e. The lowest BCUT2D eigenvalue weighted by Gasteiger charge is -2.38. The number of likely N-dealkylation sites (tertiary alicyclic amines) is 1. The third-order valence-corrected chi connectivity index (χ3v) is 7.16. The van der Waals surface area contributed by atoms with Crippen LogP contribution in [0.1, 0.15) is 16.1 Å². The van der Waals surface area contributed by atoms with Gasteiger partial charge in [-0.15, -0.1) is 0 Å². The molecular formula is C21H20N2O4S. The number of para-hydroxylation sites is 1. The van der Waals surface area contributed by atoms with Crippen molar-refractivity contribution in [3.05, 3.63) is 65.9 Å². The molecule has 0 spiro atoms. The van der Waals surface area contributed by atoms with Gasteiger partial charge in [0.25, 0.3) is 5.91 Å². The normalized spacial score (nSPS) is 14.7. The van der Waals surface area contributed by atoms with E-state index in [0.29, 0.717) is 16.8 Å². The average molecular weight is 396 g/mol. The van der Waals surface area contributed by atoms with E-state index in [1.165, 1.54) is 19.2 Å². The Kier molecular flexibility index (Phi) is 4.55. The molecule has 1 amide bonds. The standard InChI is InChI=1S/C21H20N2O4S/c1-14-6-7-15-4-3-5-19(20(15)22-14)21(24)23-12-18(13-23)28(25,26)17-10-8-16(27-2)9-11-17/h3-11,18H,12-13H2,1-2H3. The zero-order valence-electron chi connectivity index (χ0n) is 15.6. The summed E-state index contributed by atoms with van der Waals surface area (Å²) in [5.74, 6) is 0.410. The fourth-order valence-corrected chi connectivity index (χ4v) is 5.00. The van der Waals surface area contributed by atoms with Crippen LogP contribution in [0.5, 0.6) is 5.75 Å². The smallest absolute Gasteiger partial charge is 0.256 e. The van der Waals surface area contributed by atoms with Crippen molar-refractivity contribution in [3.63, 3.8) is 0 Å². The SMILES string of the molecule is COc1ccc(S(=O)(=O)C2CN(C(=O)c3cccc4ccc(C)nc34)C2)cc1. The van der Waals surface area contributed by atoms with Gasteiger partial charge in [-0.2, -0.15) is 0 Å². The van der Waals surface area contributed by atoms with Crippen molar-refractivity contribution >= 4 is 26.6 Å². The third kappa shape index (κ3) is 3.11. The van der Waals surface area contributed by atoms with Crippen molar-refractivity contribution in [3.8, 4) is 5.75 Å². The molecule has 3 aromatic rings. The average Bonchev–Trinajstić information content (AvgIpc) is 2.66. The highest BCUT2D eigenvalue weighted by molar-refractivity contribution is 7.92. The van der Waals surface area contributed by atoms with E-state index in [-0.39, 0.29) is 23.9 Å². The number of nitrogens with zero attached hydrogens (tertiary/aromatic N) is 2. The van der Waals surface area contributed by atoms with Crippen LogP contribution in [0, 0.1) is 6.92 Å². The van der Waals surface area contributed by atoms with Gasteiger partial charge in [0.15, 0.2) is 9.84 Å². The van der Waals surface area contributed by atoms with Crippen molar-refractivity contribution in [1.82, 2.24) is 9.88 Å². The number of fused-ring (bicyclic) bond motifs is 1. The number of methoxy groups -OCH3 is 1. The molecule has 4 rings (SSSR count). The summed E-state index contributed by atoms with van der Waals surface area (Å²) in [4.78, 5) is 19.2. The highest BCUT2D eigenvalue weighted by Crippen LogP contribution is 2.28. The molecule has 1 saturated heterocycles. The summed E-state index contributed by atoms with van der Waals surface area (Å²) in [5, 5.41) is 0.286. The van der Waals surface area contributed by atoms with E-state index < -0.39 is 15.1 Å². The van der Waals surface area contributed by atoms with E-state index in [2.05, 4.69) is 4.98 Å². The number of sulfone groups is 1. The molecule has 0 saturated carbocycles. The Balaban J connectivity index is 1.53. The summed E-state index contributed by atoms with van der Waals surface area (Å²) in [7, 11) is -1.96. The summed E-state index contributed by atoms with van der Waals surface area (Å²) >= 11 is 0. The van der Waals surface area contributed by atoms with Crippen molar-refractivity contribution in [2.75, 3.05) is 20.2 Å². The third-order valence-electron chi connectivity index (χ3n) is 5.05. The van der Waals surface area contributed by atoms with Gasteiger partial charge >= 0.3 is 0 Å². The first kappa shape index (κ1) is 18.4. The predicted octanol–water partition coefficient (Wildman–Crippen LogP) is 2.85. The fourth-order valence-electron chi connectivity index (χ4n) is 3.35. The van der Waals surface area contributed by atoms with Gasteiger partial charge in [-0.05, 0) is 43.3 Å². The second kappa shape index (κ2) is 6.91. The minimum Gasteiger partial charge on any atom is -0.497 e. The predicted molar refractivity (Wildman–Crippen MR) is 106 cm³/mol. The van der Waals surface area contributed by atoms with E-state index in [9.17, 15) is 13.2 Å². The van der Waals surface area contributed by atoms with Crippen LogP contribution < -0.4 is 4.74 Å². The fraction of sp³-hybridized carbons (Fsp3) is 0.238. The number of amides is 1. The van der Waals surface area contributed by atoms with Crippen LogP contribution in [-0.4, -0.2) is 49.7 Å². The molecule has 2 aromatic carbocycles. The van der Waals surface area contributed by atoms with Crippen LogP contribution in [0.25, 0.3) is 10.9 Å². The van der Waals surface area contributed by atoms with Crippen LogP contribution in [0.15, 0.2) is 59.5 Å². The zero-order chi connectivity index (χ0) is 19.9. The minimum absolute atomic E-state index is 0.176. The summed E-state index contributed by atoms with van der Waals surface area (Å²) < 4.78 is 30.6. The molecule has 0 bridgehead atoms. The lowest BCUT2D eigenvalue weighted by Crippen LogP contribution is -2.56. The van der Waals surface area contributed by atoms with Gasteiger partial charge < -0.3 is 9.64 Å². The molecule has 0 atom stereocenters. The highest BCUT2D eigenvalue weighted by atomic mass is 32.2. The molecule has 28 heavy (non-hydrogen) atoms. The van der Waals surface area contributed by atoms with E-state index in [1.807, 2.05) is 31.2 Å². The first-order valence-electron chi connectivity index (χ1n) is 8.94. The number of carbonyl (C=O) groups is 1. The maximum absolute atomic E-state index is 12.9. The Morgan fingerprint density at radius 2 is 1.79 bits per heavy atom. The van der Waals surface area contributed by atoms with Crippen molar-refractivity contribution in [2.24, 2.45) is 0 Å². The van der Waals surface area contributed by atoms with E-state index in [0.717, 1.165) is 11.1 Å². The molecular weight excluding hydrogens is 376 g/mol. The van der Waals surface area contributed by atoms with Gasteiger partial charge in [0.05, 0.1) is 23.1 Å². The number of hydrogen-bond acceptors (Lipinski definition) is 5. The Hall–Kier alpha value is -2.93. The van der Waals surface area contributed by atoms with Crippen molar-refractivity contribution in [1.29, 1.82) is 0 Å². The molecule has 1 aliphatic heterocycles. The molecule has 1 aromatic heterocycles. The summed E-state index contributed by atoms with van der Waals surface area (Å²) in [6.07, 6.45) is 0. The molecule has 6 nitrogen and oxygen atoms in total. The van der Waals surface area contributed by atoms with E-state index in [1.54, 1.807) is 23.1 Å². The molecule has 0 radical (unpaired) electrons. The van der Waals surface area contributed by atoms with Gasteiger partial charge in [-0.3, -0.25) is 9.78 Å². The molecule has 7 heteroatoms. The number of carbonyl (C=O) groups excluding carboxylic acids is 1. The molecule has 2 heterocycles. The topological polar surface area (TPSA) is 76.6 Å². The van der Waals surface area contributed by atoms with Crippen molar-refractivity contribution in [2.45, 2.75) is 17.1 Å².